The molecule has 1 unspecified atom stereocenters. The van der Waals surface area contributed by atoms with E-state index in [-0.39, 0.29) is 5.78 Å². The molecule has 0 radical (unpaired) electrons. The molecule has 1 saturated carbocycles. The van der Waals surface area contributed by atoms with Gasteiger partial charge in [-0.25, -0.2) is 0 Å². The number of fused-ring (bicyclic) bond motifs is 2. The predicted molar refractivity (Wildman–Crippen MR) is 106 cm³/mol. The predicted octanol–water partition coefficient (Wildman–Crippen LogP) is 5.34. The highest BCUT2D eigenvalue weighted by atomic mass is 16.1. The lowest BCUT2D eigenvalue weighted by Gasteiger charge is -2.29. The Hall–Kier alpha value is -2.61. The van der Waals surface area contributed by atoms with Crippen molar-refractivity contribution in [3.8, 4) is 0 Å². The molecule has 1 heterocycles. The van der Waals surface area contributed by atoms with Gasteiger partial charge in [0.05, 0.1) is 6.04 Å². The fraction of sp³-hybridized carbons (Fsp3) is 0.292. The lowest BCUT2D eigenvalue weighted by molar-refractivity contribution is 0.103. The van der Waals surface area contributed by atoms with Crippen molar-refractivity contribution in [3.63, 3.8) is 0 Å². The highest BCUT2D eigenvalue weighted by molar-refractivity contribution is 6.19. The van der Waals surface area contributed by atoms with E-state index >= 15 is 0 Å². The first-order valence-electron chi connectivity index (χ1n) is 9.56. The second kappa shape index (κ2) is 5.70. The zero-order valence-corrected chi connectivity index (χ0v) is 15.3. The number of benzene rings is 2. The zero-order valence-electron chi connectivity index (χ0n) is 15.3. The summed E-state index contributed by atoms with van der Waals surface area (Å²) in [5, 5.41) is 2.23. The molecule has 0 N–H and O–H groups in total. The molecular formula is C24H23NO. The monoisotopic (exact) mass is 341 g/mol. The quantitative estimate of drug-likeness (QED) is 0.703. The molecule has 2 aromatic rings. The van der Waals surface area contributed by atoms with Crippen molar-refractivity contribution in [1.29, 1.82) is 0 Å². The summed E-state index contributed by atoms with van der Waals surface area (Å²) in [5.74, 6) is 0.174. The summed E-state index contributed by atoms with van der Waals surface area (Å²) in [6.45, 7) is 4.25. The molecule has 1 atom stereocenters. The Balaban J connectivity index is 1.67. The van der Waals surface area contributed by atoms with Crippen LogP contribution in [0.3, 0.4) is 0 Å². The third-order valence-corrected chi connectivity index (χ3v) is 6.06. The minimum Gasteiger partial charge on any atom is -0.364 e. The topological polar surface area (TPSA) is 20.3 Å². The molecular weight excluding hydrogens is 318 g/mol. The standard InChI is InChI=1S/C24H23NO/c1-15-11-14-20(19-8-4-3-7-18(15)19)24(26)23-16(2)25(17-12-13-17)22-10-6-5-9-21(22)23/h3-9,11,14,17,22H,10,12-13H2,1-2H3. The normalized spacial score (nSPS) is 22.0. The van der Waals surface area contributed by atoms with E-state index < -0.39 is 0 Å². The van der Waals surface area contributed by atoms with Gasteiger partial charge in [-0.1, -0.05) is 54.6 Å². The first-order valence-corrected chi connectivity index (χ1v) is 9.56. The number of carbonyl (C=O) groups is 1. The number of allylic oxidation sites excluding steroid dienone is 3. The van der Waals surface area contributed by atoms with Crippen molar-refractivity contribution in [2.75, 3.05) is 0 Å². The molecule has 2 heteroatoms. The maximum Gasteiger partial charge on any atom is 0.195 e. The van der Waals surface area contributed by atoms with Crippen molar-refractivity contribution < 1.29 is 4.79 Å². The van der Waals surface area contributed by atoms with Crippen LogP contribution in [0.2, 0.25) is 0 Å². The average molecular weight is 341 g/mol. The molecule has 0 saturated heterocycles. The third kappa shape index (κ3) is 2.21. The van der Waals surface area contributed by atoms with Crippen LogP contribution in [0, 0.1) is 6.92 Å². The van der Waals surface area contributed by atoms with E-state index in [1.165, 1.54) is 35.1 Å². The molecule has 2 aliphatic carbocycles. The van der Waals surface area contributed by atoms with E-state index in [9.17, 15) is 4.79 Å². The maximum absolute atomic E-state index is 13.7. The Morgan fingerprint density at radius 2 is 1.81 bits per heavy atom. The van der Waals surface area contributed by atoms with Crippen molar-refractivity contribution in [3.05, 3.63) is 82.6 Å². The van der Waals surface area contributed by atoms with Crippen LogP contribution < -0.4 is 0 Å². The maximum atomic E-state index is 13.7. The summed E-state index contributed by atoms with van der Waals surface area (Å²) >= 11 is 0. The van der Waals surface area contributed by atoms with E-state index in [0.29, 0.717) is 12.1 Å². The van der Waals surface area contributed by atoms with Crippen LogP contribution in [0.15, 0.2) is 71.5 Å². The summed E-state index contributed by atoms with van der Waals surface area (Å²) in [6.07, 6.45) is 10.00. The van der Waals surface area contributed by atoms with Gasteiger partial charge in [0.1, 0.15) is 0 Å². The fourth-order valence-electron chi connectivity index (χ4n) is 4.66. The Morgan fingerprint density at radius 1 is 1.04 bits per heavy atom. The van der Waals surface area contributed by atoms with Gasteiger partial charge in [-0.2, -0.15) is 0 Å². The molecule has 26 heavy (non-hydrogen) atoms. The van der Waals surface area contributed by atoms with Crippen LogP contribution in [0.25, 0.3) is 10.8 Å². The van der Waals surface area contributed by atoms with Gasteiger partial charge < -0.3 is 4.90 Å². The minimum absolute atomic E-state index is 0.174. The van der Waals surface area contributed by atoms with E-state index in [0.717, 1.165) is 22.9 Å². The number of ketones is 1. The second-order valence-electron chi connectivity index (χ2n) is 7.71. The highest BCUT2D eigenvalue weighted by Gasteiger charge is 2.43. The minimum atomic E-state index is 0.174. The SMILES string of the molecule is CC1=C(C(=O)c2ccc(C)c3ccccc23)C2=CC=CCC2N1C1CC1. The molecule has 130 valence electrons. The van der Waals surface area contributed by atoms with Crippen molar-refractivity contribution >= 4 is 16.6 Å². The summed E-state index contributed by atoms with van der Waals surface area (Å²) in [5.41, 5.74) is 5.35. The van der Waals surface area contributed by atoms with E-state index in [2.05, 4.69) is 55.2 Å². The van der Waals surface area contributed by atoms with Crippen molar-refractivity contribution in [2.45, 2.75) is 45.2 Å². The number of aryl methyl sites for hydroxylation is 1. The largest absolute Gasteiger partial charge is 0.364 e. The molecule has 0 spiro atoms. The first-order chi connectivity index (χ1) is 12.7. The number of hydrogen-bond acceptors (Lipinski definition) is 2. The lowest BCUT2D eigenvalue weighted by atomic mass is 9.88. The Morgan fingerprint density at radius 3 is 2.58 bits per heavy atom. The van der Waals surface area contributed by atoms with Gasteiger partial charge in [0, 0.05) is 22.9 Å². The van der Waals surface area contributed by atoms with Gasteiger partial charge in [-0.15, -0.1) is 0 Å². The van der Waals surface area contributed by atoms with Crippen molar-refractivity contribution in [2.24, 2.45) is 0 Å². The molecule has 1 aliphatic heterocycles. The van der Waals surface area contributed by atoms with Crippen LogP contribution >= 0.6 is 0 Å². The van der Waals surface area contributed by atoms with Crippen LogP contribution in [-0.2, 0) is 0 Å². The first kappa shape index (κ1) is 15.6. The van der Waals surface area contributed by atoms with E-state index in [1.807, 2.05) is 18.2 Å². The molecule has 0 bridgehead atoms. The number of carbonyl (C=O) groups excluding carboxylic acids is 1. The number of Topliss-reactive ketones (excluding diaryl/α,β-unsaturated/α-hetero) is 1. The van der Waals surface area contributed by atoms with Gasteiger partial charge >= 0.3 is 0 Å². The summed E-state index contributed by atoms with van der Waals surface area (Å²) < 4.78 is 0. The summed E-state index contributed by atoms with van der Waals surface area (Å²) in [6, 6.07) is 13.3. The van der Waals surface area contributed by atoms with Gasteiger partial charge in [0.15, 0.2) is 5.78 Å². The second-order valence-corrected chi connectivity index (χ2v) is 7.71. The highest BCUT2D eigenvalue weighted by Crippen LogP contribution is 2.45. The number of hydrogen-bond donors (Lipinski definition) is 0. The Bertz CT molecular complexity index is 1020. The smallest absolute Gasteiger partial charge is 0.195 e. The lowest BCUT2D eigenvalue weighted by Crippen LogP contribution is -2.32. The number of rotatable bonds is 3. The van der Waals surface area contributed by atoms with E-state index in [4.69, 9.17) is 0 Å². The average Bonchev–Trinajstić information content (AvgIpc) is 3.44. The van der Waals surface area contributed by atoms with Gasteiger partial charge in [-0.3, -0.25) is 4.79 Å². The fourth-order valence-corrected chi connectivity index (χ4v) is 4.66. The van der Waals surface area contributed by atoms with Crippen molar-refractivity contribution in [1.82, 2.24) is 4.90 Å². The molecule has 3 aliphatic rings. The Labute approximate surface area is 154 Å². The molecule has 1 fully saturated rings. The van der Waals surface area contributed by atoms with E-state index in [1.54, 1.807) is 0 Å². The van der Waals surface area contributed by atoms with Gasteiger partial charge in [0.2, 0.25) is 0 Å². The summed E-state index contributed by atoms with van der Waals surface area (Å²) in [7, 11) is 0. The molecule has 2 nitrogen and oxygen atoms in total. The van der Waals surface area contributed by atoms with Crippen LogP contribution in [0.1, 0.15) is 42.1 Å². The van der Waals surface area contributed by atoms with Gasteiger partial charge in [-0.05, 0) is 55.0 Å². The summed E-state index contributed by atoms with van der Waals surface area (Å²) in [4.78, 5) is 16.2. The third-order valence-electron chi connectivity index (χ3n) is 6.06. The van der Waals surface area contributed by atoms with Crippen LogP contribution in [-0.4, -0.2) is 22.8 Å². The molecule has 0 aromatic heterocycles. The molecule has 0 amide bonds. The zero-order chi connectivity index (χ0) is 17.8. The van der Waals surface area contributed by atoms with Crippen LogP contribution in [0.5, 0.6) is 0 Å². The van der Waals surface area contributed by atoms with Crippen LogP contribution in [0.4, 0.5) is 0 Å². The number of nitrogens with zero attached hydrogens (tertiary/aromatic N) is 1. The molecule has 2 aromatic carbocycles. The molecule has 5 rings (SSSR count). The Kier molecular flexibility index (Phi) is 3.43. The van der Waals surface area contributed by atoms with Gasteiger partial charge in [0.25, 0.3) is 0 Å².